The van der Waals surface area contributed by atoms with E-state index in [1.54, 1.807) is 36.4 Å². The van der Waals surface area contributed by atoms with Crippen LogP contribution in [0.5, 0.6) is 11.5 Å². The number of hydrogen-bond donors (Lipinski definition) is 0. The van der Waals surface area contributed by atoms with Crippen molar-refractivity contribution in [3.63, 3.8) is 0 Å². The van der Waals surface area contributed by atoms with Crippen LogP contribution in [-0.4, -0.2) is 12.3 Å². The van der Waals surface area contributed by atoms with Gasteiger partial charge in [-0.1, -0.05) is 65.7 Å². The first kappa shape index (κ1) is 19.4. The van der Waals surface area contributed by atoms with Gasteiger partial charge in [-0.15, -0.1) is 0 Å². The molecule has 0 aromatic heterocycles. The van der Waals surface area contributed by atoms with Crippen molar-refractivity contribution < 1.29 is 19.1 Å². The fraction of sp³-hybridized carbons (Fsp3) is 0.167. The van der Waals surface area contributed by atoms with Crippen LogP contribution in [0.2, 0.25) is 0 Å². The van der Waals surface area contributed by atoms with Gasteiger partial charge in [0.1, 0.15) is 30.3 Å². The number of rotatable bonds is 7. The van der Waals surface area contributed by atoms with Crippen LogP contribution in [0.1, 0.15) is 28.2 Å². The van der Waals surface area contributed by atoms with Crippen LogP contribution in [0.15, 0.2) is 72.8 Å². The van der Waals surface area contributed by atoms with E-state index < -0.39 is 11.9 Å². The quantitative estimate of drug-likeness (QED) is 0.259. The van der Waals surface area contributed by atoms with Gasteiger partial charge >= 0.3 is 5.97 Å². The molecule has 0 aliphatic heterocycles. The Morgan fingerprint density at radius 3 is 2.14 bits per heavy atom. The Labute approximate surface area is 164 Å². The highest BCUT2D eigenvalue weighted by molar-refractivity contribution is 5.96. The van der Waals surface area contributed by atoms with Crippen LogP contribution in [0.25, 0.3) is 0 Å². The van der Waals surface area contributed by atoms with E-state index in [0.29, 0.717) is 30.0 Å². The van der Waals surface area contributed by atoms with Gasteiger partial charge in [0.05, 0.1) is 0 Å². The van der Waals surface area contributed by atoms with E-state index in [2.05, 4.69) is 0 Å². The average molecular weight is 374 g/mol. The SMILES string of the molecule is Cc1ccc(COc2ccccc2C(C=O)C(=O)Oc2ccc(C)cc2)cc1. The predicted molar refractivity (Wildman–Crippen MR) is 108 cm³/mol. The van der Waals surface area contributed by atoms with Gasteiger partial charge in [-0.2, -0.15) is 0 Å². The molecule has 0 aliphatic carbocycles. The number of carbonyl (C=O) groups is 2. The third-order valence-corrected chi connectivity index (χ3v) is 4.40. The van der Waals surface area contributed by atoms with Gasteiger partial charge in [-0.3, -0.25) is 4.79 Å². The maximum Gasteiger partial charge on any atom is 0.326 e. The third kappa shape index (κ3) is 4.86. The molecule has 3 rings (SSSR count). The molecule has 0 radical (unpaired) electrons. The van der Waals surface area contributed by atoms with Gasteiger partial charge < -0.3 is 14.3 Å². The van der Waals surface area contributed by atoms with E-state index in [1.165, 1.54) is 5.56 Å². The average Bonchev–Trinajstić information content (AvgIpc) is 2.71. The molecule has 0 saturated carbocycles. The van der Waals surface area contributed by atoms with Crippen molar-refractivity contribution in [1.82, 2.24) is 0 Å². The minimum Gasteiger partial charge on any atom is -0.489 e. The smallest absolute Gasteiger partial charge is 0.326 e. The second-order valence-corrected chi connectivity index (χ2v) is 6.66. The number of aryl methyl sites for hydroxylation is 2. The lowest BCUT2D eigenvalue weighted by atomic mass is 9.99. The lowest BCUT2D eigenvalue weighted by Gasteiger charge is -2.16. The van der Waals surface area contributed by atoms with Crippen LogP contribution >= 0.6 is 0 Å². The molecule has 0 spiro atoms. The molecule has 1 atom stereocenters. The maximum atomic E-state index is 12.6. The predicted octanol–water partition coefficient (Wildman–Crippen LogP) is 4.77. The molecule has 142 valence electrons. The minimum absolute atomic E-state index is 0.343. The van der Waals surface area contributed by atoms with E-state index in [1.807, 2.05) is 50.2 Å². The molecular weight excluding hydrogens is 352 g/mol. The highest BCUT2D eigenvalue weighted by Gasteiger charge is 2.25. The summed E-state index contributed by atoms with van der Waals surface area (Å²) in [6.45, 7) is 4.31. The summed E-state index contributed by atoms with van der Waals surface area (Å²) in [5.41, 5.74) is 3.72. The molecule has 3 aromatic carbocycles. The zero-order valence-corrected chi connectivity index (χ0v) is 15.9. The van der Waals surface area contributed by atoms with Crippen molar-refractivity contribution in [3.05, 3.63) is 95.1 Å². The van der Waals surface area contributed by atoms with Crippen LogP contribution in [0.3, 0.4) is 0 Å². The summed E-state index contributed by atoms with van der Waals surface area (Å²) in [5.74, 6) is -0.803. The molecule has 0 aliphatic rings. The largest absolute Gasteiger partial charge is 0.489 e. The zero-order chi connectivity index (χ0) is 19.9. The number of para-hydroxylation sites is 1. The lowest BCUT2D eigenvalue weighted by Crippen LogP contribution is -2.20. The van der Waals surface area contributed by atoms with Crippen LogP contribution in [0, 0.1) is 13.8 Å². The van der Waals surface area contributed by atoms with E-state index in [0.717, 1.165) is 11.1 Å². The monoisotopic (exact) mass is 374 g/mol. The second-order valence-electron chi connectivity index (χ2n) is 6.66. The molecule has 4 heteroatoms. The summed E-state index contributed by atoms with van der Waals surface area (Å²) < 4.78 is 11.3. The van der Waals surface area contributed by atoms with Gasteiger partial charge in [0.15, 0.2) is 0 Å². The highest BCUT2D eigenvalue weighted by atomic mass is 16.5. The molecule has 0 N–H and O–H groups in total. The number of aldehydes is 1. The molecule has 1 unspecified atom stereocenters. The van der Waals surface area contributed by atoms with E-state index in [-0.39, 0.29) is 0 Å². The first-order valence-corrected chi connectivity index (χ1v) is 9.08. The van der Waals surface area contributed by atoms with Crippen molar-refractivity contribution in [3.8, 4) is 11.5 Å². The van der Waals surface area contributed by atoms with Gasteiger partial charge in [-0.25, -0.2) is 0 Å². The summed E-state index contributed by atoms with van der Waals surface area (Å²) in [7, 11) is 0. The molecule has 0 fully saturated rings. The van der Waals surface area contributed by atoms with Gasteiger partial charge in [0.25, 0.3) is 0 Å². The summed E-state index contributed by atoms with van der Waals surface area (Å²) in [5, 5.41) is 0. The summed E-state index contributed by atoms with van der Waals surface area (Å²) >= 11 is 0. The minimum atomic E-state index is -1.06. The first-order chi connectivity index (χ1) is 13.6. The molecule has 4 nitrogen and oxygen atoms in total. The van der Waals surface area contributed by atoms with Crippen LogP contribution in [0.4, 0.5) is 0 Å². The third-order valence-electron chi connectivity index (χ3n) is 4.40. The summed E-state index contributed by atoms with van der Waals surface area (Å²) in [6, 6.07) is 22.1. The Kier molecular flexibility index (Phi) is 6.22. The number of hydrogen-bond acceptors (Lipinski definition) is 4. The van der Waals surface area contributed by atoms with Crippen molar-refractivity contribution in [1.29, 1.82) is 0 Å². The number of carbonyl (C=O) groups excluding carboxylic acids is 2. The Morgan fingerprint density at radius 1 is 0.893 bits per heavy atom. The van der Waals surface area contributed by atoms with Gasteiger partial charge in [0.2, 0.25) is 0 Å². The van der Waals surface area contributed by atoms with E-state index in [4.69, 9.17) is 9.47 Å². The summed E-state index contributed by atoms with van der Waals surface area (Å²) in [6.07, 6.45) is 0.588. The van der Waals surface area contributed by atoms with Crippen molar-refractivity contribution in [2.75, 3.05) is 0 Å². The number of ether oxygens (including phenoxy) is 2. The molecule has 3 aromatic rings. The molecule has 0 amide bonds. The maximum absolute atomic E-state index is 12.6. The number of benzene rings is 3. The van der Waals surface area contributed by atoms with E-state index >= 15 is 0 Å². The van der Waals surface area contributed by atoms with Gasteiger partial charge in [-0.05, 0) is 37.6 Å². The zero-order valence-electron chi connectivity index (χ0n) is 15.9. The Balaban J connectivity index is 1.76. The van der Waals surface area contributed by atoms with Crippen molar-refractivity contribution in [2.24, 2.45) is 0 Å². The van der Waals surface area contributed by atoms with E-state index in [9.17, 15) is 9.59 Å². The number of esters is 1. The fourth-order valence-electron chi connectivity index (χ4n) is 2.76. The fourth-order valence-corrected chi connectivity index (χ4v) is 2.76. The lowest BCUT2D eigenvalue weighted by molar-refractivity contribution is -0.137. The Hall–Kier alpha value is -3.40. The van der Waals surface area contributed by atoms with Crippen molar-refractivity contribution in [2.45, 2.75) is 26.4 Å². The molecular formula is C24H22O4. The Bertz CT molecular complexity index is 943. The van der Waals surface area contributed by atoms with Crippen LogP contribution in [-0.2, 0) is 16.2 Å². The standard InChI is InChI=1S/C24H22O4/c1-17-7-11-19(12-8-17)16-27-23-6-4-3-5-21(23)22(15-25)24(26)28-20-13-9-18(2)10-14-20/h3-15,22H,16H2,1-2H3. The van der Waals surface area contributed by atoms with Crippen LogP contribution < -0.4 is 9.47 Å². The molecule has 0 bridgehead atoms. The summed E-state index contributed by atoms with van der Waals surface area (Å²) in [4.78, 5) is 24.3. The second kappa shape index (κ2) is 9.00. The molecule has 0 heterocycles. The Morgan fingerprint density at radius 2 is 1.50 bits per heavy atom. The topological polar surface area (TPSA) is 52.6 Å². The molecule has 0 saturated heterocycles. The molecule has 28 heavy (non-hydrogen) atoms. The van der Waals surface area contributed by atoms with Gasteiger partial charge in [0, 0.05) is 5.56 Å². The van der Waals surface area contributed by atoms with Crippen molar-refractivity contribution >= 4 is 12.3 Å². The normalized spacial score (nSPS) is 11.5. The first-order valence-electron chi connectivity index (χ1n) is 9.08. The highest BCUT2D eigenvalue weighted by Crippen LogP contribution is 2.28.